The highest BCUT2D eigenvalue weighted by Gasteiger charge is 2.19. The van der Waals surface area contributed by atoms with E-state index < -0.39 is 5.97 Å². The lowest BCUT2D eigenvalue weighted by atomic mass is 10.00. The van der Waals surface area contributed by atoms with Crippen LogP contribution < -0.4 is 4.74 Å². The number of carbonyl (C=O) groups is 1. The number of methoxy groups -OCH3 is 1. The van der Waals surface area contributed by atoms with E-state index in [1.165, 1.54) is 5.56 Å². The molecule has 0 unspecified atom stereocenters. The molecular formula is C19H19NO3. The minimum Gasteiger partial charge on any atom is -0.496 e. The van der Waals surface area contributed by atoms with Gasteiger partial charge in [0.05, 0.1) is 19.2 Å². The van der Waals surface area contributed by atoms with E-state index in [0.717, 1.165) is 39.0 Å². The zero-order valence-electron chi connectivity index (χ0n) is 13.4. The van der Waals surface area contributed by atoms with Crippen LogP contribution in [0.5, 0.6) is 5.75 Å². The highest BCUT2D eigenvalue weighted by Crippen LogP contribution is 2.37. The molecule has 2 N–H and O–H groups in total. The number of rotatable bonds is 4. The van der Waals surface area contributed by atoms with Crippen LogP contribution >= 0.6 is 0 Å². The van der Waals surface area contributed by atoms with Gasteiger partial charge >= 0.3 is 5.97 Å². The van der Waals surface area contributed by atoms with Crippen molar-refractivity contribution in [1.29, 1.82) is 0 Å². The zero-order valence-corrected chi connectivity index (χ0v) is 13.4. The normalized spacial score (nSPS) is 10.9. The Bertz CT molecular complexity index is 893. The van der Waals surface area contributed by atoms with Gasteiger partial charge in [-0.15, -0.1) is 0 Å². The summed E-state index contributed by atoms with van der Waals surface area (Å²) in [6.07, 6.45) is -0.0319. The lowest BCUT2D eigenvalue weighted by Gasteiger charge is -2.08. The summed E-state index contributed by atoms with van der Waals surface area (Å²) in [5.74, 6) is -0.125. The Hall–Kier alpha value is -2.75. The molecule has 1 heterocycles. The SMILES string of the molecule is COc1ccccc1-c1[nH]c2c(C)c(C)ccc2c1CC(=O)O. The monoisotopic (exact) mass is 309 g/mol. The van der Waals surface area contributed by atoms with Crippen LogP contribution in [0.2, 0.25) is 0 Å². The molecule has 1 aromatic heterocycles. The van der Waals surface area contributed by atoms with Gasteiger partial charge in [-0.25, -0.2) is 0 Å². The predicted molar refractivity (Wildman–Crippen MR) is 91.1 cm³/mol. The van der Waals surface area contributed by atoms with E-state index in [1.54, 1.807) is 7.11 Å². The Labute approximate surface area is 134 Å². The molecule has 2 aromatic carbocycles. The minimum absolute atomic E-state index is 0.0319. The van der Waals surface area contributed by atoms with E-state index in [-0.39, 0.29) is 6.42 Å². The third-order valence-electron chi connectivity index (χ3n) is 4.32. The molecule has 0 aliphatic rings. The van der Waals surface area contributed by atoms with Crippen molar-refractivity contribution in [2.24, 2.45) is 0 Å². The number of carboxylic acid groups (broad SMARTS) is 1. The molecule has 0 spiro atoms. The minimum atomic E-state index is -0.847. The van der Waals surface area contributed by atoms with E-state index in [2.05, 4.69) is 11.9 Å². The average molecular weight is 309 g/mol. The fourth-order valence-corrected chi connectivity index (χ4v) is 2.98. The van der Waals surface area contributed by atoms with Crippen LogP contribution in [0.4, 0.5) is 0 Å². The molecule has 0 amide bonds. The van der Waals surface area contributed by atoms with Crippen molar-refractivity contribution in [3.63, 3.8) is 0 Å². The van der Waals surface area contributed by atoms with Crippen LogP contribution in [0.3, 0.4) is 0 Å². The van der Waals surface area contributed by atoms with E-state index in [4.69, 9.17) is 4.74 Å². The van der Waals surface area contributed by atoms with Crippen LogP contribution in [-0.4, -0.2) is 23.2 Å². The summed E-state index contributed by atoms with van der Waals surface area (Å²) >= 11 is 0. The molecule has 4 nitrogen and oxygen atoms in total. The summed E-state index contributed by atoms with van der Waals surface area (Å²) < 4.78 is 5.44. The van der Waals surface area contributed by atoms with Crippen molar-refractivity contribution in [2.75, 3.05) is 7.11 Å². The second-order valence-electron chi connectivity index (χ2n) is 5.68. The molecule has 0 aliphatic heterocycles. The number of fused-ring (bicyclic) bond motifs is 1. The number of benzene rings is 2. The van der Waals surface area contributed by atoms with Gasteiger partial charge in [0.2, 0.25) is 0 Å². The van der Waals surface area contributed by atoms with E-state index in [1.807, 2.05) is 43.3 Å². The summed E-state index contributed by atoms with van der Waals surface area (Å²) in [5.41, 5.74) is 5.78. The number of ether oxygens (including phenoxy) is 1. The molecule has 0 saturated carbocycles. The van der Waals surface area contributed by atoms with Crippen LogP contribution in [0.15, 0.2) is 36.4 Å². The number of hydrogen-bond donors (Lipinski definition) is 2. The number of aryl methyl sites for hydroxylation is 2. The third kappa shape index (κ3) is 2.57. The number of hydrogen-bond acceptors (Lipinski definition) is 2. The Kier molecular flexibility index (Phi) is 3.82. The Balaban J connectivity index is 2.35. The van der Waals surface area contributed by atoms with Crippen molar-refractivity contribution in [3.8, 4) is 17.0 Å². The number of aliphatic carboxylic acids is 1. The molecular weight excluding hydrogens is 290 g/mol. The van der Waals surface area contributed by atoms with E-state index in [9.17, 15) is 9.90 Å². The van der Waals surface area contributed by atoms with Crippen molar-refractivity contribution in [3.05, 3.63) is 53.1 Å². The van der Waals surface area contributed by atoms with E-state index >= 15 is 0 Å². The van der Waals surface area contributed by atoms with Crippen LogP contribution in [0, 0.1) is 13.8 Å². The topological polar surface area (TPSA) is 62.3 Å². The lowest BCUT2D eigenvalue weighted by Crippen LogP contribution is -2.01. The fourth-order valence-electron chi connectivity index (χ4n) is 2.98. The first-order valence-corrected chi connectivity index (χ1v) is 7.49. The molecule has 0 radical (unpaired) electrons. The summed E-state index contributed by atoms with van der Waals surface area (Å²) in [5, 5.41) is 10.3. The molecule has 3 aromatic rings. The summed E-state index contributed by atoms with van der Waals surface area (Å²) in [4.78, 5) is 14.8. The van der Waals surface area contributed by atoms with Crippen LogP contribution in [0.25, 0.3) is 22.2 Å². The zero-order chi connectivity index (χ0) is 16.6. The second-order valence-corrected chi connectivity index (χ2v) is 5.68. The predicted octanol–water partition coefficient (Wildman–Crippen LogP) is 4.09. The molecule has 3 rings (SSSR count). The van der Waals surface area contributed by atoms with E-state index in [0.29, 0.717) is 0 Å². The van der Waals surface area contributed by atoms with Gasteiger partial charge in [-0.05, 0) is 42.7 Å². The summed E-state index contributed by atoms with van der Waals surface area (Å²) in [6.45, 7) is 4.10. The molecule has 23 heavy (non-hydrogen) atoms. The fraction of sp³-hybridized carbons (Fsp3) is 0.211. The first-order valence-electron chi connectivity index (χ1n) is 7.49. The molecule has 0 atom stereocenters. The Morgan fingerprint density at radius 2 is 1.91 bits per heavy atom. The molecule has 0 aliphatic carbocycles. The summed E-state index contributed by atoms with van der Waals surface area (Å²) in [6, 6.07) is 11.7. The maximum Gasteiger partial charge on any atom is 0.307 e. The second kappa shape index (κ2) is 5.80. The van der Waals surface area contributed by atoms with Crippen molar-refractivity contribution < 1.29 is 14.6 Å². The number of para-hydroxylation sites is 1. The number of aromatic nitrogens is 1. The number of carboxylic acids is 1. The van der Waals surface area contributed by atoms with Gasteiger partial charge in [0.25, 0.3) is 0 Å². The van der Waals surface area contributed by atoms with Crippen LogP contribution in [0.1, 0.15) is 16.7 Å². The smallest absolute Gasteiger partial charge is 0.307 e. The molecule has 0 bridgehead atoms. The number of H-pyrrole nitrogens is 1. The largest absolute Gasteiger partial charge is 0.496 e. The Morgan fingerprint density at radius 3 is 2.61 bits per heavy atom. The standard InChI is InChI=1S/C19H19NO3/c1-11-8-9-13-15(10-17(21)22)19(20-18(13)12(11)2)14-6-4-5-7-16(14)23-3/h4-9,20H,10H2,1-3H3,(H,21,22). The Morgan fingerprint density at radius 1 is 1.17 bits per heavy atom. The highest BCUT2D eigenvalue weighted by atomic mass is 16.5. The number of aromatic amines is 1. The van der Waals surface area contributed by atoms with Crippen molar-refractivity contribution >= 4 is 16.9 Å². The first kappa shape index (κ1) is 15.2. The van der Waals surface area contributed by atoms with Gasteiger partial charge in [-0.2, -0.15) is 0 Å². The molecule has 118 valence electrons. The van der Waals surface area contributed by atoms with Crippen LogP contribution in [-0.2, 0) is 11.2 Å². The molecule has 0 saturated heterocycles. The van der Waals surface area contributed by atoms with Gasteiger partial charge < -0.3 is 14.8 Å². The molecule has 0 fully saturated rings. The molecule has 4 heteroatoms. The number of nitrogens with one attached hydrogen (secondary N) is 1. The van der Waals surface area contributed by atoms with Gasteiger partial charge in [-0.3, -0.25) is 4.79 Å². The summed E-state index contributed by atoms with van der Waals surface area (Å²) in [7, 11) is 1.62. The average Bonchev–Trinajstić information content (AvgIpc) is 2.89. The van der Waals surface area contributed by atoms with Gasteiger partial charge in [0.1, 0.15) is 5.75 Å². The lowest BCUT2D eigenvalue weighted by molar-refractivity contribution is -0.136. The quantitative estimate of drug-likeness (QED) is 0.763. The van der Waals surface area contributed by atoms with Gasteiger partial charge in [0, 0.05) is 16.5 Å². The van der Waals surface area contributed by atoms with Crippen molar-refractivity contribution in [2.45, 2.75) is 20.3 Å². The maximum absolute atomic E-state index is 11.4. The maximum atomic E-state index is 11.4. The highest BCUT2D eigenvalue weighted by molar-refractivity contribution is 5.96. The third-order valence-corrected chi connectivity index (χ3v) is 4.32. The van der Waals surface area contributed by atoms with Gasteiger partial charge in [0.15, 0.2) is 0 Å². The first-order chi connectivity index (χ1) is 11.0. The van der Waals surface area contributed by atoms with Gasteiger partial charge in [-0.1, -0.05) is 24.3 Å². The van der Waals surface area contributed by atoms with Crippen molar-refractivity contribution in [1.82, 2.24) is 4.98 Å².